The van der Waals surface area contributed by atoms with E-state index < -0.39 is 74.1 Å². The van der Waals surface area contributed by atoms with Crippen LogP contribution in [-0.2, 0) is 74.7 Å². The largest absolute Gasteiger partial charge is 0.497 e. The van der Waals surface area contributed by atoms with Crippen molar-refractivity contribution in [3.05, 3.63) is 102 Å². The van der Waals surface area contributed by atoms with E-state index in [0.29, 0.717) is 57.1 Å². The van der Waals surface area contributed by atoms with E-state index in [-0.39, 0.29) is 63.5 Å². The van der Waals surface area contributed by atoms with Crippen molar-refractivity contribution in [3.63, 3.8) is 0 Å². The summed E-state index contributed by atoms with van der Waals surface area (Å²) in [6.07, 6.45) is 8.13. The minimum absolute atomic E-state index is 0.0435. The van der Waals surface area contributed by atoms with Crippen LogP contribution in [0.15, 0.2) is 90.6 Å². The molecule has 3 aliphatic rings. The zero-order valence-electron chi connectivity index (χ0n) is 50.4. The van der Waals surface area contributed by atoms with Crippen molar-refractivity contribution in [2.75, 3.05) is 28.1 Å². The number of carbonyl (C=O) groups is 3. The van der Waals surface area contributed by atoms with Crippen LogP contribution in [0, 0.1) is 5.41 Å². The Morgan fingerprint density at radius 2 is 1.52 bits per heavy atom. The van der Waals surface area contributed by atoms with Crippen LogP contribution >= 0.6 is 0 Å². The molecule has 454 valence electrons. The summed E-state index contributed by atoms with van der Waals surface area (Å²) in [7, 11) is 2.36. The first-order valence-corrected chi connectivity index (χ1v) is 32.3. The van der Waals surface area contributed by atoms with Gasteiger partial charge in [-0.3, -0.25) is 9.59 Å². The first-order valence-electron chi connectivity index (χ1n) is 29.8. The standard InChI is InChI=1S/C64H98O16Si/c1-12-16-17-18-22-25-60(68)78-62-49(35-61(69)71-10)34-56(40-58(65)46(6)75-44-73-42-47-23-20-19-21-24-47)79-64(62,72-11)63(7,8)31-30-51-32-45(5)33-53(76-51)37-55-39-57(80-81(13-2,14-3)15-4)38-54(77-55)36-52(41-59(66)67)74-43-48-26-28-50(70-9)29-27-48/h19-21,23-24,26-31,35,46,51-58,62,65H,5,12-18,22,25,32-34,36-44H2,1-4,6-11H3,(H,66,67)/t46-,51+,52-,53+,54-,55+,56+,57+,58-,62+,64-/m1/s1. The van der Waals surface area contributed by atoms with Crippen LogP contribution in [0.5, 0.6) is 5.75 Å². The van der Waals surface area contributed by atoms with Gasteiger partial charge in [0.25, 0.3) is 0 Å². The van der Waals surface area contributed by atoms with Gasteiger partial charge in [-0.05, 0) is 92.4 Å². The second kappa shape index (κ2) is 33.9. The third-order valence-corrected chi connectivity index (χ3v) is 21.2. The second-order valence-electron chi connectivity index (χ2n) is 22.9. The van der Waals surface area contributed by atoms with Crippen molar-refractivity contribution in [2.24, 2.45) is 5.41 Å². The van der Waals surface area contributed by atoms with Gasteiger partial charge in [-0.15, -0.1) is 0 Å². The van der Waals surface area contributed by atoms with E-state index in [0.717, 1.165) is 66.3 Å². The molecule has 3 heterocycles. The summed E-state index contributed by atoms with van der Waals surface area (Å²) in [5.74, 6) is -3.02. The molecule has 2 aromatic carbocycles. The zero-order chi connectivity index (χ0) is 59.0. The van der Waals surface area contributed by atoms with Crippen LogP contribution in [0.2, 0.25) is 18.1 Å². The molecule has 5 rings (SSSR count). The zero-order valence-corrected chi connectivity index (χ0v) is 51.4. The maximum atomic E-state index is 13.9. The van der Waals surface area contributed by atoms with E-state index in [2.05, 4.69) is 34.3 Å². The van der Waals surface area contributed by atoms with Gasteiger partial charge in [-0.2, -0.15) is 0 Å². The maximum absolute atomic E-state index is 13.9. The summed E-state index contributed by atoms with van der Waals surface area (Å²) in [6.45, 7) is 19.5. The number of carbonyl (C=O) groups excluding carboxylic acids is 2. The molecule has 0 unspecified atom stereocenters. The summed E-state index contributed by atoms with van der Waals surface area (Å²) in [4.78, 5) is 39.3. The van der Waals surface area contributed by atoms with E-state index in [4.69, 9.17) is 51.8 Å². The normalized spacial score (nSPS) is 25.3. The van der Waals surface area contributed by atoms with Crippen molar-refractivity contribution >= 4 is 26.2 Å². The lowest BCUT2D eigenvalue weighted by molar-refractivity contribution is -0.338. The van der Waals surface area contributed by atoms with Gasteiger partial charge in [0, 0.05) is 50.4 Å². The molecule has 3 saturated heterocycles. The first-order chi connectivity index (χ1) is 38.8. The molecule has 17 heteroatoms. The first kappa shape index (κ1) is 67.5. The van der Waals surface area contributed by atoms with Gasteiger partial charge in [-0.1, -0.05) is 134 Å². The van der Waals surface area contributed by atoms with E-state index in [1.807, 2.05) is 80.6 Å². The number of hydrogen-bond acceptors (Lipinski definition) is 15. The average Bonchev–Trinajstić information content (AvgIpc) is 2.76. The van der Waals surface area contributed by atoms with Gasteiger partial charge < -0.3 is 62.0 Å². The highest BCUT2D eigenvalue weighted by molar-refractivity contribution is 6.73. The Morgan fingerprint density at radius 3 is 2.17 bits per heavy atom. The molecule has 2 N–H and O–H groups in total. The Hall–Kier alpha value is -4.27. The van der Waals surface area contributed by atoms with Gasteiger partial charge in [0.1, 0.15) is 12.5 Å². The van der Waals surface area contributed by atoms with E-state index in [9.17, 15) is 24.6 Å². The van der Waals surface area contributed by atoms with Gasteiger partial charge in [0.05, 0.1) is 82.7 Å². The SMILES string of the molecule is C=C1C[C@@H](C[C@H]2C[C@@H](O[Si](CC)(CC)CC)C[C@@H](C[C@H](CC(=O)O)OCc3ccc(OC)cc3)O2)O[C@@H](C=CC(C)(C)[C@]2(OC)O[C@H](C[C@@H](O)[C@@H](C)OCOCc3ccccc3)CC(=CC(=O)OC)[C@@H]2OC(=O)CCCCCCC)C1. The molecule has 0 spiro atoms. The molecule has 81 heavy (non-hydrogen) atoms. The quantitative estimate of drug-likeness (QED) is 0.0165. The number of aliphatic carboxylic acids is 1. The monoisotopic (exact) mass is 1150 g/mol. The van der Waals surface area contributed by atoms with Gasteiger partial charge in [0.2, 0.25) is 5.79 Å². The average molecular weight is 1150 g/mol. The lowest BCUT2D eigenvalue weighted by Gasteiger charge is -2.53. The molecule has 3 aliphatic heterocycles. The number of methoxy groups -OCH3 is 3. The Morgan fingerprint density at radius 1 is 0.827 bits per heavy atom. The van der Waals surface area contributed by atoms with Gasteiger partial charge in [0.15, 0.2) is 14.4 Å². The number of benzene rings is 2. The lowest BCUT2D eigenvalue weighted by Crippen LogP contribution is -2.63. The van der Waals surface area contributed by atoms with Crippen molar-refractivity contribution in [2.45, 2.75) is 243 Å². The molecular weight excluding hydrogens is 1050 g/mol. The van der Waals surface area contributed by atoms with Crippen molar-refractivity contribution in [1.82, 2.24) is 0 Å². The van der Waals surface area contributed by atoms with E-state index in [1.54, 1.807) is 14.0 Å². The topological polar surface area (TPSA) is 193 Å². The van der Waals surface area contributed by atoms with Crippen molar-refractivity contribution in [3.8, 4) is 5.75 Å². The molecule has 0 aliphatic carbocycles. The molecule has 0 bridgehead atoms. The van der Waals surface area contributed by atoms with E-state index in [1.165, 1.54) is 20.3 Å². The second-order valence-corrected chi connectivity index (χ2v) is 27.7. The highest BCUT2D eigenvalue weighted by atomic mass is 28.4. The fourth-order valence-corrected chi connectivity index (χ4v) is 14.4. The number of carboxylic acids is 1. The maximum Gasteiger partial charge on any atom is 0.330 e. The number of aliphatic hydroxyl groups is 1. The number of esters is 2. The third kappa shape index (κ3) is 21.1. The molecule has 2 aromatic rings. The Bertz CT molecular complexity index is 2260. The minimum Gasteiger partial charge on any atom is -0.497 e. The van der Waals surface area contributed by atoms with E-state index >= 15 is 0 Å². The molecule has 0 saturated carbocycles. The molecule has 0 aromatic heterocycles. The molecule has 3 fully saturated rings. The highest BCUT2D eigenvalue weighted by Crippen LogP contribution is 2.49. The Kier molecular flexibility index (Phi) is 28.2. The molecular formula is C64H98O16Si. The predicted octanol–water partition coefficient (Wildman–Crippen LogP) is 12.3. The van der Waals surface area contributed by atoms with Crippen LogP contribution in [-0.4, -0.2) is 131 Å². The fraction of sp³-hybridized carbons (Fsp3) is 0.672. The van der Waals surface area contributed by atoms with Gasteiger partial charge in [-0.25, -0.2) is 4.79 Å². The lowest BCUT2D eigenvalue weighted by atomic mass is 9.73. The van der Waals surface area contributed by atoms with Crippen LogP contribution in [0.4, 0.5) is 0 Å². The minimum atomic E-state index is -2.04. The summed E-state index contributed by atoms with van der Waals surface area (Å²) in [6, 6.07) is 20.3. The molecule has 0 radical (unpaired) electrons. The predicted molar refractivity (Wildman–Crippen MR) is 313 cm³/mol. The number of unbranched alkanes of at least 4 members (excludes halogenated alkanes) is 4. The van der Waals surface area contributed by atoms with Crippen LogP contribution in [0.1, 0.15) is 156 Å². The van der Waals surface area contributed by atoms with Crippen molar-refractivity contribution < 1.29 is 76.4 Å². The molecule has 0 amide bonds. The van der Waals surface area contributed by atoms with Crippen LogP contribution in [0.25, 0.3) is 0 Å². The number of ether oxygens (including phenoxy) is 10. The number of aliphatic hydroxyl groups excluding tert-OH is 1. The summed E-state index contributed by atoms with van der Waals surface area (Å²) in [5.41, 5.74) is 2.26. The van der Waals surface area contributed by atoms with Crippen LogP contribution in [0.3, 0.4) is 0 Å². The number of hydrogen-bond donors (Lipinski definition) is 2. The summed E-state index contributed by atoms with van der Waals surface area (Å²) >= 11 is 0. The number of rotatable bonds is 35. The summed E-state index contributed by atoms with van der Waals surface area (Å²) < 4.78 is 69.5. The van der Waals surface area contributed by atoms with Crippen molar-refractivity contribution in [1.29, 1.82) is 0 Å². The Labute approximate surface area is 484 Å². The number of carboxylic acid groups (broad SMARTS) is 1. The van der Waals surface area contributed by atoms with Gasteiger partial charge >= 0.3 is 17.9 Å². The Balaban J connectivity index is 1.38. The molecule has 16 nitrogen and oxygen atoms in total. The fourth-order valence-electron chi connectivity index (χ4n) is 11.5. The smallest absolute Gasteiger partial charge is 0.330 e. The highest BCUT2D eigenvalue weighted by Gasteiger charge is 2.59. The third-order valence-electron chi connectivity index (χ3n) is 16.5. The summed E-state index contributed by atoms with van der Waals surface area (Å²) in [5, 5.41) is 21.6. The van der Waals surface area contributed by atoms with Crippen LogP contribution < -0.4 is 4.74 Å². The molecule has 11 atom stereocenters.